The van der Waals surface area contributed by atoms with Crippen molar-refractivity contribution >= 4 is 39.1 Å². The smallest absolute Gasteiger partial charge is 0.264 e. The lowest BCUT2D eigenvalue weighted by Gasteiger charge is -2.34. The number of anilines is 1. The molecule has 0 aliphatic rings. The summed E-state index contributed by atoms with van der Waals surface area (Å²) < 4.78 is 42.7. The molecule has 7 nitrogen and oxygen atoms in total. The third-order valence-electron chi connectivity index (χ3n) is 6.97. The largest absolute Gasteiger partial charge is 0.352 e. The fraction of sp³-hybridized carbons (Fsp3) is 0.355. The molecule has 3 aromatic rings. The molecule has 0 saturated heterocycles. The average molecular weight is 602 g/mol. The van der Waals surface area contributed by atoms with Gasteiger partial charge in [0, 0.05) is 17.6 Å². The third kappa shape index (κ3) is 8.07. The molecule has 2 atom stereocenters. The number of hydrogen-bond acceptors (Lipinski definition) is 4. The first-order valence-corrected chi connectivity index (χ1v) is 15.4. The highest BCUT2D eigenvalue weighted by atomic mass is 35.5. The minimum Gasteiger partial charge on any atom is -0.352 e. The summed E-state index contributed by atoms with van der Waals surface area (Å²) in [4.78, 5) is 28.8. The van der Waals surface area contributed by atoms with Crippen LogP contribution in [-0.2, 0) is 26.2 Å². The number of benzene rings is 3. The molecule has 1 N–H and O–H groups in total. The number of aryl methyl sites for hydroxylation is 2. The van der Waals surface area contributed by atoms with Gasteiger partial charge in [0.05, 0.1) is 10.6 Å². The van der Waals surface area contributed by atoms with Crippen LogP contribution in [-0.4, -0.2) is 43.8 Å². The molecular weight excluding hydrogens is 565 g/mol. The lowest BCUT2D eigenvalue weighted by molar-refractivity contribution is -0.140. The SMILES string of the molecule is CC[C@@H](C)NC(=O)[C@@H](CC)N(Cc1ccc(F)cc1)C(=O)CN(c1ccc(Cl)cc1C)S(=O)(=O)c1ccc(C)cc1. The molecule has 0 bridgehead atoms. The number of hydrogen-bond donors (Lipinski definition) is 1. The van der Waals surface area contributed by atoms with Gasteiger partial charge in [-0.25, -0.2) is 12.8 Å². The summed E-state index contributed by atoms with van der Waals surface area (Å²) in [5, 5.41) is 3.36. The van der Waals surface area contributed by atoms with Crippen molar-refractivity contribution < 1.29 is 22.4 Å². The van der Waals surface area contributed by atoms with E-state index < -0.39 is 34.3 Å². The summed E-state index contributed by atoms with van der Waals surface area (Å²) >= 11 is 6.16. The summed E-state index contributed by atoms with van der Waals surface area (Å²) in [6.45, 7) is 8.59. The van der Waals surface area contributed by atoms with E-state index in [9.17, 15) is 22.4 Å². The Labute approximate surface area is 247 Å². The Kier molecular flexibility index (Phi) is 10.9. The van der Waals surface area contributed by atoms with Crippen molar-refractivity contribution in [2.24, 2.45) is 0 Å². The second-order valence-corrected chi connectivity index (χ2v) is 12.4. The van der Waals surface area contributed by atoms with Gasteiger partial charge < -0.3 is 10.2 Å². The van der Waals surface area contributed by atoms with Crippen LogP contribution in [0.2, 0.25) is 5.02 Å². The number of carbonyl (C=O) groups is 2. The zero-order chi connectivity index (χ0) is 30.3. The molecule has 0 heterocycles. The Morgan fingerprint density at radius 2 is 1.59 bits per heavy atom. The summed E-state index contributed by atoms with van der Waals surface area (Å²) in [6, 6.07) is 15.8. The van der Waals surface area contributed by atoms with Gasteiger partial charge in [-0.3, -0.25) is 13.9 Å². The topological polar surface area (TPSA) is 86.8 Å². The summed E-state index contributed by atoms with van der Waals surface area (Å²) in [5.41, 5.74) is 2.35. The van der Waals surface area contributed by atoms with Crippen LogP contribution in [0.5, 0.6) is 0 Å². The van der Waals surface area contributed by atoms with Gasteiger partial charge in [-0.05, 0) is 87.2 Å². The monoisotopic (exact) mass is 601 g/mol. The maximum absolute atomic E-state index is 14.1. The van der Waals surface area contributed by atoms with E-state index in [0.717, 1.165) is 9.87 Å². The van der Waals surface area contributed by atoms with Crippen LogP contribution in [0, 0.1) is 19.7 Å². The van der Waals surface area contributed by atoms with Gasteiger partial charge in [-0.15, -0.1) is 0 Å². The number of carbonyl (C=O) groups excluding carboxylic acids is 2. The van der Waals surface area contributed by atoms with Gasteiger partial charge in [-0.2, -0.15) is 0 Å². The Morgan fingerprint density at radius 3 is 2.15 bits per heavy atom. The highest BCUT2D eigenvalue weighted by Crippen LogP contribution is 2.29. The van der Waals surface area contributed by atoms with E-state index in [0.29, 0.717) is 34.7 Å². The summed E-state index contributed by atoms with van der Waals surface area (Å²) in [6.07, 6.45) is 0.992. The van der Waals surface area contributed by atoms with Gasteiger partial charge in [0.2, 0.25) is 11.8 Å². The van der Waals surface area contributed by atoms with Crippen LogP contribution in [0.1, 0.15) is 50.3 Å². The Morgan fingerprint density at radius 1 is 0.951 bits per heavy atom. The second-order valence-electron chi connectivity index (χ2n) is 10.1. The number of halogens is 2. The van der Waals surface area contributed by atoms with Gasteiger partial charge in [0.1, 0.15) is 18.4 Å². The predicted octanol–water partition coefficient (Wildman–Crippen LogP) is 6.01. The molecule has 41 heavy (non-hydrogen) atoms. The Hall–Kier alpha value is -3.43. The van der Waals surface area contributed by atoms with Crippen LogP contribution < -0.4 is 9.62 Å². The average Bonchev–Trinajstić information content (AvgIpc) is 2.93. The highest BCUT2D eigenvalue weighted by molar-refractivity contribution is 7.92. The van der Waals surface area contributed by atoms with Gasteiger partial charge >= 0.3 is 0 Å². The molecule has 0 aromatic heterocycles. The van der Waals surface area contributed by atoms with Crippen molar-refractivity contribution in [1.82, 2.24) is 10.2 Å². The van der Waals surface area contributed by atoms with E-state index in [-0.39, 0.29) is 23.4 Å². The number of rotatable bonds is 12. The number of nitrogens with one attached hydrogen (secondary N) is 1. The van der Waals surface area contributed by atoms with Crippen LogP contribution in [0.25, 0.3) is 0 Å². The summed E-state index contributed by atoms with van der Waals surface area (Å²) in [5.74, 6) is -1.35. The molecular formula is C31H37ClFN3O4S. The number of nitrogens with zero attached hydrogens (tertiary/aromatic N) is 2. The molecule has 0 aliphatic carbocycles. The van der Waals surface area contributed by atoms with Crippen LogP contribution in [0.3, 0.4) is 0 Å². The zero-order valence-corrected chi connectivity index (χ0v) is 25.6. The molecule has 3 rings (SSSR count). The lowest BCUT2D eigenvalue weighted by Crippen LogP contribution is -2.53. The molecule has 0 aliphatic heterocycles. The first-order valence-electron chi connectivity index (χ1n) is 13.6. The quantitative estimate of drug-likeness (QED) is 0.275. The maximum atomic E-state index is 14.1. The standard InChI is InChI=1S/C31H37ClFN3O4S/c1-6-23(5)34-31(38)28(7-2)35(19-24-10-13-26(33)14-11-24)30(37)20-36(29-17-12-25(32)18-22(29)4)41(39,40)27-15-8-21(3)9-16-27/h8-18,23,28H,6-7,19-20H2,1-5H3,(H,34,38)/t23-,28-/m1/s1. The molecule has 220 valence electrons. The third-order valence-corrected chi connectivity index (χ3v) is 8.98. The molecule has 2 amide bonds. The molecule has 0 radical (unpaired) electrons. The Balaban J connectivity index is 2.09. The molecule has 0 unspecified atom stereocenters. The van der Waals surface area contributed by atoms with Crippen molar-refractivity contribution in [3.63, 3.8) is 0 Å². The normalized spacial score (nSPS) is 12.9. The van der Waals surface area contributed by atoms with Crippen molar-refractivity contribution in [1.29, 1.82) is 0 Å². The van der Waals surface area contributed by atoms with E-state index in [1.54, 1.807) is 56.3 Å². The lowest BCUT2D eigenvalue weighted by atomic mass is 10.1. The first kappa shape index (κ1) is 32.1. The maximum Gasteiger partial charge on any atom is 0.264 e. The Bertz CT molecular complexity index is 1460. The van der Waals surface area contributed by atoms with Crippen molar-refractivity contribution in [2.45, 2.75) is 71.0 Å². The number of amides is 2. The van der Waals surface area contributed by atoms with Gasteiger partial charge in [0.25, 0.3) is 10.0 Å². The fourth-order valence-corrected chi connectivity index (χ4v) is 6.10. The van der Waals surface area contributed by atoms with Crippen molar-refractivity contribution in [3.05, 3.63) is 94.3 Å². The minimum absolute atomic E-state index is 0.0104. The van der Waals surface area contributed by atoms with Crippen molar-refractivity contribution in [3.8, 4) is 0 Å². The van der Waals surface area contributed by atoms with E-state index in [4.69, 9.17) is 11.6 Å². The van der Waals surface area contributed by atoms with Crippen LogP contribution in [0.15, 0.2) is 71.6 Å². The van der Waals surface area contributed by atoms with E-state index in [1.807, 2.05) is 20.8 Å². The van der Waals surface area contributed by atoms with E-state index in [2.05, 4.69) is 5.32 Å². The molecule has 0 spiro atoms. The fourth-order valence-electron chi connectivity index (χ4n) is 4.40. The van der Waals surface area contributed by atoms with Gasteiger partial charge in [-0.1, -0.05) is 55.3 Å². The van der Waals surface area contributed by atoms with Gasteiger partial charge in [0.15, 0.2) is 0 Å². The molecule has 0 fully saturated rings. The zero-order valence-electron chi connectivity index (χ0n) is 24.0. The second kappa shape index (κ2) is 14.0. The minimum atomic E-state index is -4.20. The summed E-state index contributed by atoms with van der Waals surface area (Å²) in [7, 11) is -4.20. The first-order chi connectivity index (χ1) is 19.4. The predicted molar refractivity (Wildman–Crippen MR) is 161 cm³/mol. The van der Waals surface area contributed by atoms with Crippen LogP contribution >= 0.6 is 11.6 Å². The highest BCUT2D eigenvalue weighted by Gasteiger charge is 2.34. The number of sulfonamides is 1. The molecule has 0 saturated carbocycles. The molecule has 10 heteroatoms. The van der Waals surface area contributed by atoms with E-state index in [1.165, 1.54) is 29.2 Å². The van der Waals surface area contributed by atoms with E-state index >= 15 is 0 Å². The van der Waals surface area contributed by atoms with Crippen LogP contribution in [0.4, 0.5) is 10.1 Å². The molecule has 3 aromatic carbocycles. The van der Waals surface area contributed by atoms with Crippen molar-refractivity contribution in [2.75, 3.05) is 10.8 Å².